The van der Waals surface area contributed by atoms with Gasteiger partial charge in [0, 0.05) is 27.8 Å². The molecule has 2 aliphatic rings. The molecule has 2 atom stereocenters. The van der Waals surface area contributed by atoms with E-state index in [2.05, 4.69) is 152 Å². The third kappa shape index (κ3) is 5.12. The summed E-state index contributed by atoms with van der Waals surface area (Å²) < 4.78 is 6.78. The van der Waals surface area contributed by atoms with E-state index in [1.54, 1.807) is 0 Å². The maximum Gasteiger partial charge on any atom is 0.164 e. The zero-order valence-electron chi connectivity index (χ0n) is 27.6. The maximum atomic E-state index is 6.78. The molecule has 2 heterocycles. The Labute approximate surface area is 296 Å². The van der Waals surface area contributed by atoms with E-state index in [-0.39, 0.29) is 12.0 Å². The van der Waals surface area contributed by atoms with E-state index >= 15 is 0 Å². The summed E-state index contributed by atoms with van der Waals surface area (Å²) in [6.45, 7) is 0. The second-order valence-corrected chi connectivity index (χ2v) is 13.1. The van der Waals surface area contributed by atoms with Crippen molar-refractivity contribution in [2.75, 3.05) is 0 Å². The van der Waals surface area contributed by atoms with Crippen LogP contribution in [-0.4, -0.2) is 21.1 Å². The smallest absolute Gasteiger partial charge is 0.164 e. The second-order valence-electron chi connectivity index (χ2n) is 13.1. The molecule has 240 valence electrons. The fraction of sp³-hybridized carbons (Fsp3) is 0.0426. The van der Waals surface area contributed by atoms with Crippen LogP contribution in [0.25, 0.3) is 72.1 Å². The summed E-state index contributed by atoms with van der Waals surface area (Å²) in [7, 11) is 0. The van der Waals surface area contributed by atoms with Crippen molar-refractivity contribution < 1.29 is 4.74 Å². The third-order valence-corrected chi connectivity index (χ3v) is 10.1. The average Bonchev–Trinajstić information content (AvgIpc) is 3.60. The first-order chi connectivity index (χ1) is 25.3. The van der Waals surface area contributed by atoms with Gasteiger partial charge in [0.1, 0.15) is 11.9 Å². The topological polar surface area (TPSA) is 47.9 Å². The summed E-state index contributed by atoms with van der Waals surface area (Å²) in [5, 5.41) is 4.82. The van der Waals surface area contributed by atoms with Crippen LogP contribution in [0.5, 0.6) is 5.75 Å². The fourth-order valence-electron chi connectivity index (χ4n) is 7.60. The van der Waals surface area contributed by atoms with Gasteiger partial charge in [0.2, 0.25) is 0 Å². The molecule has 1 aliphatic carbocycles. The zero-order valence-corrected chi connectivity index (χ0v) is 27.6. The quantitative estimate of drug-likeness (QED) is 0.173. The van der Waals surface area contributed by atoms with Crippen molar-refractivity contribution in [1.29, 1.82) is 0 Å². The van der Waals surface area contributed by atoms with Crippen molar-refractivity contribution in [3.8, 4) is 50.8 Å². The Morgan fingerprint density at radius 1 is 0.451 bits per heavy atom. The van der Waals surface area contributed by atoms with Crippen LogP contribution in [0.1, 0.15) is 17.3 Å². The highest BCUT2D eigenvalue weighted by molar-refractivity contribution is 6.08. The minimum absolute atomic E-state index is 0.0598. The normalized spacial score (nSPS) is 16.0. The molecular formula is C47H31N3O. The van der Waals surface area contributed by atoms with Gasteiger partial charge in [-0.25, -0.2) is 15.0 Å². The van der Waals surface area contributed by atoms with Gasteiger partial charge >= 0.3 is 0 Å². The Morgan fingerprint density at radius 3 is 1.90 bits per heavy atom. The van der Waals surface area contributed by atoms with Crippen molar-refractivity contribution >= 4 is 27.1 Å². The standard InChI is InChI=1S/C47H31N3O/c1-3-11-30(12-4-1)31-21-23-33(24-22-31)39-17-9-18-40-43-41(19-10-20-42(43)51-44(39)40)47-49-45(34-14-5-2-6-15-34)48-46(50-47)36-27-28-38-35(29-36)26-25-32-13-7-8-16-37(32)38/h1-29,42-43H. The monoisotopic (exact) mass is 653 g/mol. The number of nitrogens with zero attached hydrogens (tertiary/aromatic N) is 3. The van der Waals surface area contributed by atoms with Gasteiger partial charge in [-0.05, 0) is 50.4 Å². The predicted molar refractivity (Wildman–Crippen MR) is 207 cm³/mol. The Bertz CT molecular complexity index is 2660. The molecule has 0 radical (unpaired) electrons. The van der Waals surface area contributed by atoms with Gasteiger partial charge < -0.3 is 4.74 Å². The maximum absolute atomic E-state index is 6.78. The Hall–Kier alpha value is -6.65. The molecule has 0 saturated heterocycles. The van der Waals surface area contributed by atoms with Crippen LogP contribution in [0.3, 0.4) is 0 Å². The van der Waals surface area contributed by atoms with E-state index in [0.29, 0.717) is 17.5 Å². The molecule has 7 aromatic carbocycles. The summed E-state index contributed by atoms with van der Waals surface area (Å²) in [6.07, 6.45) is 6.19. The van der Waals surface area contributed by atoms with E-state index in [0.717, 1.165) is 44.5 Å². The molecule has 0 saturated carbocycles. The van der Waals surface area contributed by atoms with Crippen LogP contribution in [0, 0.1) is 0 Å². The third-order valence-electron chi connectivity index (χ3n) is 10.1. The number of aromatic nitrogens is 3. The van der Waals surface area contributed by atoms with Crippen LogP contribution in [0.15, 0.2) is 176 Å². The van der Waals surface area contributed by atoms with Gasteiger partial charge in [-0.15, -0.1) is 0 Å². The minimum atomic E-state index is -0.168. The Kier molecular flexibility index (Phi) is 6.91. The number of ether oxygens (including phenoxy) is 1. The number of fused-ring (bicyclic) bond motifs is 6. The van der Waals surface area contributed by atoms with Crippen molar-refractivity contribution in [2.24, 2.45) is 0 Å². The summed E-state index contributed by atoms with van der Waals surface area (Å²) in [4.78, 5) is 15.4. The lowest BCUT2D eigenvalue weighted by atomic mass is 9.83. The molecule has 0 amide bonds. The van der Waals surface area contributed by atoms with Gasteiger partial charge in [0.25, 0.3) is 0 Å². The molecule has 0 fully saturated rings. The molecule has 4 heteroatoms. The fourth-order valence-corrected chi connectivity index (χ4v) is 7.60. The van der Waals surface area contributed by atoms with Crippen LogP contribution in [-0.2, 0) is 0 Å². The van der Waals surface area contributed by atoms with Crippen molar-refractivity contribution in [3.63, 3.8) is 0 Å². The zero-order chi connectivity index (χ0) is 33.7. The van der Waals surface area contributed by atoms with Crippen LogP contribution >= 0.6 is 0 Å². The molecule has 1 aromatic heterocycles. The minimum Gasteiger partial charge on any atom is -0.484 e. The lowest BCUT2D eigenvalue weighted by molar-refractivity contribution is 0.272. The lowest BCUT2D eigenvalue weighted by Crippen LogP contribution is -2.20. The van der Waals surface area contributed by atoms with E-state index < -0.39 is 0 Å². The molecular weight excluding hydrogens is 623 g/mol. The molecule has 2 unspecified atom stereocenters. The first-order valence-corrected chi connectivity index (χ1v) is 17.3. The first-order valence-electron chi connectivity index (χ1n) is 17.3. The van der Waals surface area contributed by atoms with Gasteiger partial charge in [0.05, 0.1) is 5.92 Å². The predicted octanol–water partition coefficient (Wildman–Crippen LogP) is 11.3. The van der Waals surface area contributed by atoms with Crippen molar-refractivity contribution in [3.05, 3.63) is 187 Å². The Balaban J connectivity index is 1.07. The van der Waals surface area contributed by atoms with E-state index in [1.807, 2.05) is 24.3 Å². The number of para-hydroxylation sites is 1. The lowest BCUT2D eigenvalue weighted by Gasteiger charge is -2.22. The summed E-state index contributed by atoms with van der Waals surface area (Å²) in [5.41, 5.74) is 8.65. The van der Waals surface area contributed by atoms with E-state index in [4.69, 9.17) is 19.7 Å². The molecule has 8 aromatic rings. The van der Waals surface area contributed by atoms with Crippen LogP contribution in [0.2, 0.25) is 0 Å². The molecule has 4 nitrogen and oxygen atoms in total. The van der Waals surface area contributed by atoms with E-state index in [9.17, 15) is 0 Å². The van der Waals surface area contributed by atoms with Crippen LogP contribution in [0.4, 0.5) is 0 Å². The van der Waals surface area contributed by atoms with Gasteiger partial charge in [-0.3, -0.25) is 0 Å². The highest BCUT2D eigenvalue weighted by Crippen LogP contribution is 2.51. The number of hydrogen-bond donors (Lipinski definition) is 0. The average molecular weight is 654 g/mol. The summed E-state index contributed by atoms with van der Waals surface area (Å²) >= 11 is 0. The van der Waals surface area contributed by atoms with Gasteiger partial charge in [0.15, 0.2) is 17.5 Å². The SMILES string of the molecule is C1=CC2Oc3c(-c4ccc(-c5ccccc5)cc4)cccc3C2C(c2nc(-c3ccccc3)nc(-c3ccc4c(ccc5ccccc54)c3)n2)=C1. The van der Waals surface area contributed by atoms with Gasteiger partial charge in [-0.2, -0.15) is 0 Å². The molecule has 51 heavy (non-hydrogen) atoms. The second kappa shape index (κ2) is 12.0. The molecule has 0 N–H and O–H groups in total. The molecule has 1 aliphatic heterocycles. The number of allylic oxidation sites excluding steroid dienone is 2. The van der Waals surface area contributed by atoms with Crippen molar-refractivity contribution in [1.82, 2.24) is 15.0 Å². The largest absolute Gasteiger partial charge is 0.484 e. The molecule has 10 rings (SSSR count). The highest BCUT2D eigenvalue weighted by atomic mass is 16.5. The number of rotatable bonds is 5. The Morgan fingerprint density at radius 2 is 1.08 bits per heavy atom. The van der Waals surface area contributed by atoms with Crippen LogP contribution < -0.4 is 4.74 Å². The van der Waals surface area contributed by atoms with Crippen molar-refractivity contribution in [2.45, 2.75) is 12.0 Å². The highest BCUT2D eigenvalue weighted by Gasteiger charge is 2.39. The number of benzene rings is 7. The summed E-state index contributed by atoms with van der Waals surface area (Å²) in [6, 6.07) is 55.2. The number of hydrogen-bond acceptors (Lipinski definition) is 4. The molecule has 0 spiro atoms. The molecule has 0 bridgehead atoms. The van der Waals surface area contributed by atoms with Gasteiger partial charge in [-0.1, -0.05) is 164 Å². The first kappa shape index (κ1) is 29.3. The van der Waals surface area contributed by atoms with E-state index in [1.165, 1.54) is 27.3 Å². The summed E-state index contributed by atoms with van der Waals surface area (Å²) in [5.74, 6) is 2.80.